The second-order valence-corrected chi connectivity index (χ2v) is 5.95. The van der Waals surface area contributed by atoms with E-state index in [4.69, 9.17) is 34.8 Å². The SMILES string of the molecule is Fc1c2c(cc3[nH]c(C(Cl)(Cl)Cl)nc13)OC(F)(F)O2. The van der Waals surface area contributed by atoms with Gasteiger partial charge in [-0.2, -0.15) is 0 Å². The van der Waals surface area contributed by atoms with Crippen LogP contribution in [0, 0.1) is 5.82 Å². The third kappa shape index (κ3) is 2.05. The number of hydrogen-bond donors (Lipinski definition) is 1. The Bertz CT molecular complexity index is 683. The topological polar surface area (TPSA) is 47.1 Å². The second-order valence-electron chi connectivity index (χ2n) is 3.66. The molecule has 0 saturated heterocycles. The number of aromatic amines is 1. The lowest BCUT2D eigenvalue weighted by Crippen LogP contribution is -2.26. The number of ether oxygens (including phenoxy) is 2. The smallest absolute Gasteiger partial charge is 0.395 e. The number of fused-ring (bicyclic) bond motifs is 2. The van der Waals surface area contributed by atoms with Crippen LogP contribution in [-0.4, -0.2) is 16.3 Å². The van der Waals surface area contributed by atoms with E-state index >= 15 is 0 Å². The lowest BCUT2D eigenvalue weighted by atomic mass is 10.2. The van der Waals surface area contributed by atoms with Crippen molar-refractivity contribution in [2.24, 2.45) is 0 Å². The van der Waals surface area contributed by atoms with Gasteiger partial charge in [0.2, 0.25) is 9.54 Å². The van der Waals surface area contributed by atoms with Crippen LogP contribution in [0.1, 0.15) is 5.82 Å². The maximum Gasteiger partial charge on any atom is 0.586 e. The number of H-pyrrole nitrogens is 1. The Kier molecular flexibility index (Phi) is 2.55. The molecule has 0 bridgehead atoms. The lowest BCUT2D eigenvalue weighted by molar-refractivity contribution is -0.287. The molecule has 2 aromatic rings. The normalized spacial score (nSPS) is 17.2. The zero-order chi connectivity index (χ0) is 14.0. The second kappa shape index (κ2) is 3.74. The fourth-order valence-electron chi connectivity index (χ4n) is 1.64. The molecule has 4 nitrogen and oxygen atoms in total. The predicted molar refractivity (Wildman–Crippen MR) is 61.5 cm³/mol. The van der Waals surface area contributed by atoms with Gasteiger partial charge in [0, 0.05) is 6.07 Å². The highest BCUT2D eigenvalue weighted by Crippen LogP contribution is 2.46. The van der Waals surface area contributed by atoms with Gasteiger partial charge in [-0.3, -0.25) is 0 Å². The number of halogens is 6. The van der Waals surface area contributed by atoms with Crippen LogP contribution in [0.3, 0.4) is 0 Å². The summed E-state index contributed by atoms with van der Waals surface area (Å²) in [5.74, 6) is -2.47. The first-order valence-electron chi connectivity index (χ1n) is 4.72. The minimum absolute atomic E-state index is 0.0406. The molecular weight excluding hydrogens is 331 g/mol. The zero-order valence-corrected chi connectivity index (χ0v) is 10.9. The number of alkyl halides is 5. The molecule has 19 heavy (non-hydrogen) atoms. The molecule has 2 heterocycles. The van der Waals surface area contributed by atoms with Gasteiger partial charge in [0.15, 0.2) is 17.4 Å². The van der Waals surface area contributed by atoms with E-state index in [2.05, 4.69) is 19.4 Å². The minimum Gasteiger partial charge on any atom is -0.395 e. The summed E-state index contributed by atoms with van der Waals surface area (Å²) in [6.07, 6.45) is -3.92. The van der Waals surface area contributed by atoms with E-state index < -0.39 is 27.4 Å². The van der Waals surface area contributed by atoms with E-state index in [-0.39, 0.29) is 16.9 Å². The van der Waals surface area contributed by atoms with Crippen LogP contribution in [-0.2, 0) is 3.79 Å². The van der Waals surface area contributed by atoms with Gasteiger partial charge < -0.3 is 14.5 Å². The van der Waals surface area contributed by atoms with Crippen molar-refractivity contribution in [1.29, 1.82) is 0 Å². The number of imidazole rings is 1. The van der Waals surface area contributed by atoms with E-state index in [9.17, 15) is 13.2 Å². The van der Waals surface area contributed by atoms with Gasteiger partial charge in [0.25, 0.3) is 0 Å². The predicted octanol–water partition coefficient (Wildman–Crippen LogP) is 3.85. The summed E-state index contributed by atoms with van der Waals surface area (Å²) in [6, 6.07) is 1.08. The van der Waals surface area contributed by atoms with Crippen LogP contribution in [0.2, 0.25) is 0 Å². The van der Waals surface area contributed by atoms with Gasteiger partial charge in [0.1, 0.15) is 5.52 Å². The minimum atomic E-state index is -3.92. The molecule has 0 saturated carbocycles. The number of hydrogen-bond acceptors (Lipinski definition) is 3. The van der Waals surface area contributed by atoms with Crippen LogP contribution in [0.4, 0.5) is 13.2 Å². The maximum absolute atomic E-state index is 14.0. The van der Waals surface area contributed by atoms with E-state index in [0.29, 0.717) is 0 Å². The molecule has 0 unspecified atom stereocenters. The van der Waals surface area contributed by atoms with Crippen molar-refractivity contribution >= 4 is 45.8 Å². The number of rotatable bonds is 0. The molecule has 0 atom stereocenters. The fraction of sp³-hybridized carbons (Fsp3) is 0.222. The molecular formula is C9H2Cl3F3N2O2. The third-order valence-corrected chi connectivity index (χ3v) is 2.89. The van der Waals surface area contributed by atoms with Crippen molar-refractivity contribution in [3.63, 3.8) is 0 Å². The fourth-order valence-corrected chi connectivity index (χ4v) is 1.91. The first-order chi connectivity index (χ1) is 8.67. The molecule has 3 rings (SSSR count). The standard InChI is InChI=1S/C9H2Cl3F3N2O2/c10-8(11,12)7-16-2-1-3-6(4(13)5(2)17-7)19-9(14,15)18-3/h1H,(H,16,17). The molecule has 1 aliphatic heterocycles. The van der Waals surface area contributed by atoms with E-state index in [1.807, 2.05) is 0 Å². The Morgan fingerprint density at radius 1 is 1.26 bits per heavy atom. The molecule has 10 heteroatoms. The average molecular weight is 333 g/mol. The molecule has 1 aromatic heterocycles. The van der Waals surface area contributed by atoms with Gasteiger partial charge in [0.05, 0.1) is 5.52 Å². The van der Waals surface area contributed by atoms with Crippen molar-refractivity contribution in [3.05, 3.63) is 17.7 Å². The number of nitrogens with zero attached hydrogens (tertiary/aromatic N) is 1. The van der Waals surface area contributed by atoms with Gasteiger partial charge in [-0.15, -0.1) is 8.78 Å². The van der Waals surface area contributed by atoms with Crippen LogP contribution >= 0.6 is 34.8 Å². The zero-order valence-electron chi connectivity index (χ0n) is 8.61. The summed E-state index contributed by atoms with van der Waals surface area (Å²) in [5.41, 5.74) is -0.250. The highest BCUT2D eigenvalue weighted by Gasteiger charge is 2.46. The number of nitrogens with one attached hydrogen (secondary N) is 1. The molecule has 1 N–H and O–H groups in total. The third-order valence-electron chi connectivity index (χ3n) is 2.36. The van der Waals surface area contributed by atoms with E-state index in [1.165, 1.54) is 0 Å². The summed E-state index contributed by atoms with van der Waals surface area (Å²) < 4.78 is 45.9. The summed E-state index contributed by atoms with van der Waals surface area (Å²) >= 11 is 16.8. The van der Waals surface area contributed by atoms with E-state index in [1.54, 1.807) is 0 Å². The Morgan fingerprint density at radius 2 is 1.95 bits per heavy atom. The Morgan fingerprint density at radius 3 is 2.58 bits per heavy atom. The quantitative estimate of drug-likeness (QED) is 0.745. The summed E-state index contributed by atoms with van der Waals surface area (Å²) in [6.45, 7) is 0. The highest BCUT2D eigenvalue weighted by atomic mass is 35.6. The number of aromatic nitrogens is 2. The molecule has 0 aliphatic carbocycles. The molecule has 0 radical (unpaired) electrons. The Hall–Kier alpha value is -1.05. The van der Waals surface area contributed by atoms with Crippen LogP contribution in [0.15, 0.2) is 6.07 Å². The summed E-state index contributed by atoms with van der Waals surface area (Å²) in [7, 11) is 0. The van der Waals surface area contributed by atoms with Crippen molar-refractivity contribution < 1.29 is 22.6 Å². The highest BCUT2D eigenvalue weighted by molar-refractivity contribution is 6.66. The Labute approximate surface area is 118 Å². The van der Waals surface area contributed by atoms with Gasteiger partial charge in [-0.05, 0) is 0 Å². The molecule has 102 valence electrons. The van der Waals surface area contributed by atoms with Crippen molar-refractivity contribution in [2.75, 3.05) is 0 Å². The van der Waals surface area contributed by atoms with Crippen molar-refractivity contribution in [2.45, 2.75) is 10.1 Å². The molecule has 0 spiro atoms. The largest absolute Gasteiger partial charge is 0.586 e. The first kappa shape index (κ1) is 13.0. The van der Waals surface area contributed by atoms with Gasteiger partial charge in [-0.1, -0.05) is 34.8 Å². The van der Waals surface area contributed by atoms with Crippen LogP contribution in [0.25, 0.3) is 11.0 Å². The molecule has 0 fully saturated rings. The summed E-state index contributed by atoms with van der Waals surface area (Å²) in [4.78, 5) is 6.21. The van der Waals surface area contributed by atoms with Crippen molar-refractivity contribution in [3.8, 4) is 11.5 Å². The average Bonchev–Trinajstić information content (AvgIpc) is 2.78. The molecule has 0 amide bonds. The van der Waals surface area contributed by atoms with Gasteiger partial charge >= 0.3 is 6.29 Å². The number of benzene rings is 1. The van der Waals surface area contributed by atoms with Crippen molar-refractivity contribution in [1.82, 2.24) is 9.97 Å². The van der Waals surface area contributed by atoms with Crippen LogP contribution in [0.5, 0.6) is 11.5 Å². The first-order valence-corrected chi connectivity index (χ1v) is 5.86. The Balaban J connectivity index is 2.21. The van der Waals surface area contributed by atoms with E-state index in [0.717, 1.165) is 6.07 Å². The maximum atomic E-state index is 14.0. The van der Waals surface area contributed by atoms with Crippen LogP contribution < -0.4 is 9.47 Å². The molecule has 1 aliphatic rings. The lowest BCUT2D eigenvalue weighted by Gasteiger charge is -2.05. The van der Waals surface area contributed by atoms with Gasteiger partial charge in [-0.25, -0.2) is 9.37 Å². The summed E-state index contributed by atoms with van der Waals surface area (Å²) in [5, 5.41) is 0. The monoisotopic (exact) mass is 332 g/mol. The molecule has 1 aromatic carbocycles.